The number of aliphatic hydroxyl groups is 1. The van der Waals surface area contributed by atoms with Gasteiger partial charge in [0.15, 0.2) is 11.6 Å². The first-order chi connectivity index (χ1) is 15.9. The van der Waals surface area contributed by atoms with Crippen LogP contribution in [0.5, 0.6) is 5.75 Å². The van der Waals surface area contributed by atoms with Crippen LogP contribution in [0.3, 0.4) is 0 Å². The van der Waals surface area contributed by atoms with Crippen molar-refractivity contribution in [1.29, 1.82) is 0 Å². The molecule has 3 aromatic rings. The number of benzene rings is 2. The van der Waals surface area contributed by atoms with Crippen LogP contribution in [0, 0.1) is 5.82 Å². The highest BCUT2D eigenvalue weighted by Gasteiger charge is 2.46. The molecule has 0 spiro atoms. The van der Waals surface area contributed by atoms with Crippen LogP contribution in [0.15, 0.2) is 72.6 Å². The van der Waals surface area contributed by atoms with Gasteiger partial charge >= 0.3 is 0 Å². The molecule has 0 aliphatic carbocycles. The molecule has 1 aliphatic rings. The lowest BCUT2D eigenvalue weighted by Crippen LogP contribution is -2.29. The first-order valence-corrected chi connectivity index (χ1v) is 10.5. The van der Waals surface area contributed by atoms with Gasteiger partial charge in [-0.1, -0.05) is 31.2 Å². The minimum absolute atomic E-state index is 0.0105. The second-order valence-corrected chi connectivity index (χ2v) is 7.73. The van der Waals surface area contributed by atoms with Crippen molar-refractivity contribution in [1.82, 2.24) is 9.88 Å². The third-order valence-electron chi connectivity index (χ3n) is 5.77. The fraction of sp³-hybridized carbons (Fsp3) is 0.192. The zero-order chi connectivity index (χ0) is 23.5. The third kappa shape index (κ3) is 4.22. The maximum atomic E-state index is 14.3. The molecule has 1 atom stereocenters. The Morgan fingerprint density at radius 2 is 1.76 bits per heavy atom. The molecule has 4 rings (SSSR count). The van der Waals surface area contributed by atoms with Gasteiger partial charge in [-0.25, -0.2) is 4.39 Å². The Morgan fingerprint density at radius 3 is 2.36 bits per heavy atom. The molecule has 1 N–H and O–H groups in total. The first-order valence-electron chi connectivity index (χ1n) is 10.5. The predicted octanol–water partition coefficient (Wildman–Crippen LogP) is 4.41. The van der Waals surface area contributed by atoms with E-state index < -0.39 is 29.3 Å². The molecule has 33 heavy (non-hydrogen) atoms. The molecule has 168 valence electrons. The van der Waals surface area contributed by atoms with Crippen LogP contribution in [0.4, 0.5) is 4.39 Å². The number of ether oxygens (including phenoxy) is 1. The summed E-state index contributed by atoms with van der Waals surface area (Å²) in [5.74, 6) is -2.65. The molecule has 7 heteroatoms. The number of hydrogen-bond acceptors (Lipinski definition) is 5. The molecule has 1 amide bonds. The van der Waals surface area contributed by atoms with E-state index in [0.717, 1.165) is 23.6 Å². The molecule has 0 bridgehead atoms. The van der Waals surface area contributed by atoms with E-state index in [1.165, 1.54) is 24.1 Å². The molecule has 1 unspecified atom stereocenters. The van der Waals surface area contributed by atoms with Crippen molar-refractivity contribution in [2.75, 3.05) is 7.11 Å². The Bertz CT molecular complexity index is 1220. The highest BCUT2D eigenvalue weighted by Crippen LogP contribution is 2.40. The van der Waals surface area contributed by atoms with E-state index in [-0.39, 0.29) is 23.4 Å². The topological polar surface area (TPSA) is 79.7 Å². The van der Waals surface area contributed by atoms with Gasteiger partial charge in [0.1, 0.15) is 5.76 Å². The summed E-state index contributed by atoms with van der Waals surface area (Å²) >= 11 is 0. The van der Waals surface area contributed by atoms with Crippen LogP contribution in [0.2, 0.25) is 0 Å². The third-order valence-corrected chi connectivity index (χ3v) is 5.77. The van der Waals surface area contributed by atoms with E-state index >= 15 is 0 Å². The van der Waals surface area contributed by atoms with Gasteiger partial charge in [-0.3, -0.25) is 14.6 Å². The number of aryl methyl sites for hydroxylation is 1. The molecule has 1 aromatic heterocycles. The number of aromatic nitrogens is 1. The summed E-state index contributed by atoms with van der Waals surface area (Å²) in [7, 11) is 1.34. The van der Waals surface area contributed by atoms with E-state index in [4.69, 9.17) is 4.74 Å². The van der Waals surface area contributed by atoms with Crippen molar-refractivity contribution in [3.8, 4) is 5.75 Å². The SMILES string of the molecule is CCc1ccc(C2/C(=C(\O)c3ccc(OC)c(F)c3)C(=O)C(=O)N2Cc2ccncc2)cc1. The minimum atomic E-state index is -0.825. The van der Waals surface area contributed by atoms with E-state index in [1.54, 1.807) is 24.5 Å². The number of amides is 1. The summed E-state index contributed by atoms with van der Waals surface area (Å²) in [5.41, 5.74) is 2.57. The standard InChI is InChI=1S/C26H23FN2O4/c1-3-16-4-6-18(7-5-16)23-22(24(30)19-8-9-21(33-2)20(27)14-19)25(31)26(32)29(23)15-17-10-12-28-13-11-17/h4-14,23,30H,3,15H2,1-2H3/b24-22+. The Balaban J connectivity index is 1.85. The molecule has 2 heterocycles. The van der Waals surface area contributed by atoms with Crippen LogP contribution in [0.25, 0.3) is 5.76 Å². The Hall–Kier alpha value is -4.00. The molecule has 0 radical (unpaired) electrons. The van der Waals surface area contributed by atoms with Crippen LogP contribution >= 0.6 is 0 Å². The Kier molecular flexibility index (Phi) is 6.22. The number of likely N-dealkylation sites (tertiary alicyclic amines) is 1. The lowest BCUT2D eigenvalue weighted by Gasteiger charge is -2.25. The molecule has 2 aromatic carbocycles. The maximum Gasteiger partial charge on any atom is 0.295 e. The largest absolute Gasteiger partial charge is 0.507 e. The number of carbonyl (C=O) groups excluding carboxylic acids is 2. The average Bonchev–Trinajstić information content (AvgIpc) is 3.09. The second-order valence-electron chi connectivity index (χ2n) is 7.73. The molecule has 0 saturated carbocycles. The highest BCUT2D eigenvalue weighted by molar-refractivity contribution is 6.46. The van der Waals surface area contributed by atoms with Gasteiger partial charge in [0.25, 0.3) is 11.7 Å². The Morgan fingerprint density at radius 1 is 1.06 bits per heavy atom. The van der Waals surface area contributed by atoms with E-state index in [0.29, 0.717) is 5.56 Å². The van der Waals surface area contributed by atoms with Crippen molar-refractivity contribution >= 4 is 17.4 Å². The molecular weight excluding hydrogens is 423 g/mol. The summed E-state index contributed by atoms with van der Waals surface area (Å²) in [6.07, 6.45) is 4.05. The van der Waals surface area contributed by atoms with Crippen molar-refractivity contribution in [2.24, 2.45) is 0 Å². The monoisotopic (exact) mass is 446 g/mol. The van der Waals surface area contributed by atoms with Gasteiger partial charge in [0, 0.05) is 24.5 Å². The van der Waals surface area contributed by atoms with Crippen LogP contribution in [0.1, 0.15) is 35.2 Å². The number of ketones is 1. The van der Waals surface area contributed by atoms with Gasteiger partial charge in [0.05, 0.1) is 18.7 Å². The number of carbonyl (C=O) groups is 2. The van der Waals surface area contributed by atoms with Gasteiger partial charge in [0.2, 0.25) is 0 Å². The summed E-state index contributed by atoms with van der Waals surface area (Å²) in [5, 5.41) is 11.1. The van der Waals surface area contributed by atoms with Crippen molar-refractivity contribution in [3.05, 3.63) is 101 Å². The summed E-state index contributed by atoms with van der Waals surface area (Å²) in [6.45, 7) is 2.18. The summed E-state index contributed by atoms with van der Waals surface area (Å²) in [4.78, 5) is 31.6. The highest BCUT2D eigenvalue weighted by atomic mass is 19.1. The van der Waals surface area contributed by atoms with Crippen LogP contribution in [-0.2, 0) is 22.6 Å². The number of methoxy groups -OCH3 is 1. The van der Waals surface area contributed by atoms with Gasteiger partial charge in [-0.15, -0.1) is 0 Å². The number of hydrogen-bond donors (Lipinski definition) is 1. The van der Waals surface area contributed by atoms with Crippen LogP contribution in [-0.4, -0.2) is 33.8 Å². The van der Waals surface area contributed by atoms with Crippen molar-refractivity contribution in [2.45, 2.75) is 25.9 Å². The zero-order valence-electron chi connectivity index (χ0n) is 18.3. The number of pyridine rings is 1. The lowest BCUT2D eigenvalue weighted by atomic mass is 9.94. The molecular formula is C26H23FN2O4. The van der Waals surface area contributed by atoms with E-state index in [1.807, 2.05) is 31.2 Å². The van der Waals surface area contributed by atoms with Crippen molar-refractivity contribution in [3.63, 3.8) is 0 Å². The van der Waals surface area contributed by atoms with E-state index in [9.17, 15) is 19.1 Å². The molecule has 6 nitrogen and oxygen atoms in total. The molecule has 1 saturated heterocycles. The fourth-order valence-electron chi connectivity index (χ4n) is 3.98. The smallest absolute Gasteiger partial charge is 0.295 e. The maximum absolute atomic E-state index is 14.3. The number of nitrogens with zero attached hydrogens (tertiary/aromatic N) is 2. The minimum Gasteiger partial charge on any atom is -0.507 e. The van der Waals surface area contributed by atoms with E-state index in [2.05, 4.69) is 4.98 Å². The first kappa shape index (κ1) is 22.2. The summed E-state index contributed by atoms with van der Waals surface area (Å²) in [6, 6.07) is 14.1. The second kappa shape index (κ2) is 9.24. The molecule has 1 aliphatic heterocycles. The number of rotatable bonds is 6. The quantitative estimate of drug-likeness (QED) is 0.345. The van der Waals surface area contributed by atoms with Crippen molar-refractivity contribution < 1.29 is 23.8 Å². The fourth-order valence-corrected chi connectivity index (χ4v) is 3.98. The molecule has 1 fully saturated rings. The predicted molar refractivity (Wildman–Crippen MR) is 121 cm³/mol. The number of Topliss-reactive ketones (excluding diaryl/α,β-unsaturated/α-hetero) is 1. The average molecular weight is 446 g/mol. The van der Waals surface area contributed by atoms with Gasteiger partial charge in [-0.2, -0.15) is 0 Å². The van der Waals surface area contributed by atoms with Gasteiger partial charge < -0.3 is 14.7 Å². The normalized spacial score (nSPS) is 17.4. The zero-order valence-corrected chi connectivity index (χ0v) is 18.3. The Labute approximate surface area is 191 Å². The number of aliphatic hydroxyl groups excluding tert-OH is 1. The number of halogens is 1. The van der Waals surface area contributed by atoms with Crippen LogP contribution < -0.4 is 4.74 Å². The lowest BCUT2D eigenvalue weighted by molar-refractivity contribution is -0.140. The van der Waals surface area contributed by atoms with Gasteiger partial charge in [-0.05, 0) is 53.4 Å². The summed E-state index contributed by atoms with van der Waals surface area (Å²) < 4.78 is 19.2.